The number of halogens is 3. The molecule has 0 fully saturated rings. The molecule has 0 bridgehead atoms. The first-order chi connectivity index (χ1) is 8.49. The minimum Gasteiger partial charge on any atom is -0.481 e. The van der Waals surface area contributed by atoms with E-state index in [1.54, 1.807) is 0 Å². The number of nitrogens with zero attached hydrogens (tertiary/aromatic N) is 1. The van der Waals surface area contributed by atoms with E-state index in [-0.39, 0.29) is 17.0 Å². The minimum atomic E-state index is -1.57. The summed E-state index contributed by atoms with van der Waals surface area (Å²) in [6.07, 6.45) is 1.03. The summed E-state index contributed by atoms with van der Waals surface area (Å²) in [6.45, 7) is 0. The van der Waals surface area contributed by atoms with Crippen molar-refractivity contribution in [3.63, 3.8) is 0 Å². The molecule has 0 amide bonds. The minimum absolute atomic E-state index is 0.114. The van der Waals surface area contributed by atoms with Crippen molar-refractivity contribution in [3.8, 4) is 10.6 Å². The average molecular weight is 273 g/mol. The lowest BCUT2D eigenvalue weighted by Crippen LogP contribution is -1.97. The molecule has 3 nitrogen and oxygen atoms in total. The highest BCUT2D eigenvalue weighted by Gasteiger charge is 2.17. The lowest BCUT2D eigenvalue weighted by molar-refractivity contribution is -0.136. The van der Waals surface area contributed by atoms with Crippen molar-refractivity contribution in [1.82, 2.24) is 4.98 Å². The number of rotatable bonds is 3. The third-order valence-electron chi connectivity index (χ3n) is 2.14. The Morgan fingerprint density at radius 3 is 2.67 bits per heavy atom. The number of hydrogen-bond donors (Lipinski definition) is 1. The molecule has 94 valence electrons. The van der Waals surface area contributed by atoms with E-state index in [1.165, 1.54) is 6.20 Å². The van der Waals surface area contributed by atoms with E-state index in [0.717, 1.165) is 23.5 Å². The number of aromatic nitrogens is 1. The van der Waals surface area contributed by atoms with Gasteiger partial charge in [0.25, 0.3) is 0 Å². The van der Waals surface area contributed by atoms with Crippen LogP contribution >= 0.6 is 11.3 Å². The standard InChI is InChI=1S/C11H6F3NO2S/c12-7-2-1-6(9(13)10(7)14)11-15-4-5(18-11)3-8(16)17/h1-2,4H,3H2,(H,16,17). The number of aliphatic carboxylic acids is 1. The molecule has 0 aliphatic heterocycles. The van der Waals surface area contributed by atoms with Gasteiger partial charge in [-0.15, -0.1) is 11.3 Å². The quantitative estimate of drug-likeness (QED) is 0.875. The van der Waals surface area contributed by atoms with Crippen LogP contribution in [-0.4, -0.2) is 16.1 Å². The van der Waals surface area contributed by atoms with E-state index in [4.69, 9.17) is 5.11 Å². The first kappa shape index (κ1) is 12.6. The van der Waals surface area contributed by atoms with E-state index in [2.05, 4.69) is 4.98 Å². The average Bonchev–Trinajstić information content (AvgIpc) is 2.73. The van der Waals surface area contributed by atoms with Crippen LogP contribution in [0.25, 0.3) is 10.6 Å². The second kappa shape index (κ2) is 4.77. The van der Waals surface area contributed by atoms with Crippen molar-refractivity contribution in [1.29, 1.82) is 0 Å². The third-order valence-corrected chi connectivity index (χ3v) is 3.18. The van der Waals surface area contributed by atoms with Crippen LogP contribution < -0.4 is 0 Å². The van der Waals surface area contributed by atoms with Crippen molar-refractivity contribution in [2.45, 2.75) is 6.42 Å². The molecule has 1 aromatic carbocycles. The molecule has 0 saturated heterocycles. The fraction of sp³-hybridized carbons (Fsp3) is 0.0909. The van der Waals surface area contributed by atoms with Gasteiger partial charge in [0, 0.05) is 16.6 Å². The topological polar surface area (TPSA) is 50.2 Å². The maximum atomic E-state index is 13.5. The Morgan fingerprint density at radius 2 is 2.00 bits per heavy atom. The molecule has 0 unspecified atom stereocenters. The fourth-order valence-corrected chi connectivity index (χ4v) is 2.28. The second-order valence-electron chi connectivity index (χ2n) is 3.43. The van der Waals surface area contributed by atoms with Crippen molar-refractivity contribution < 1.29 is 23.1 Å². The molecular formula is C11H6F3NO2S. The Hall–Kier alpha value is -1.89. The number of carboxylic acid groups (broad SMARTS) is 1. The largest absolute Gasteiger partial charge is 0.481 e. The van der Waals surface area contributed by atoms with Gasteiger partial charge in [0.1, 0.15) is 5.01 Å². The van der Waals surface area contributed by atoms with Gasteiger partial charge in [0.05, 0.1) is 6.42 Å². The Bertz CT molecular complexity index is 612. The molecular weight excluding hydrogens is 267 g/mol. The van der Waals surface area contributed by atoms with Gasteiger partial charge in [-0.1, -0.05) is 0 Å². The maximum absolute atomic E-state index is 13.5. The van der Waals surface area contributed by atoms with Crippen molar-refractivity contribution in [3.05, 3.63) is 40.7 Å². The smallest absolute Gasteiger partial charge is 0.308 e. The number of hydrogen-bond acceptors (Lipinski definition) is 3. The van der Waals surface area contributed by atoms with Crippen LogP contribution in [0, 0.1) is 17.5 Å². The molecule has 0 aliphatic carbocycles. The first-order valence-corrected chi connectivity index (χ1v) is 5.61. The Morgan fingerprint density at radius 1 is 1.28 bits per heavy atom. The summed E-state index contributed by atoms with van der Waals surface area (Å²) < 4.78 is 39.2. The van der Waals surface area contributed by atoms with Crippen LogP contribution in [-0.2, 0) is 11.2 Å². The Kier molecular flexibility index (Phi) is 3.33. The summed E-state index contributed by atoms with van der Waals surface area (Å²) in [6, 6.07) is 1.86. The molecule has 0 aliphatic rings. The molecule has 0 radical (unpaired) electrons. The predicted molar refractivity (Wildman–Crippen MR) is 58.8 cm³/mol. The van der Waals surface area contributed by atoms with Gasteiger partial charge in [0.15, 0.2) is 17.5 Å². The summed E-state index contributed by atoms with van der Waals surface area (Å²) in [5, 5.41) is 8.69. The fourth-order valence-electron chi connectivity index (χ4n) is 1.35. The first-order valence-electron chi connectivity index (χ1n) is 4.79. The Labute approximate surface area is 104 Å². The predicted octanol–water partition coefficient (Wildman–Crippen LogP) is 2.85. The molecule has 0 spiro atoms. The number of thiazole rings is 1. The SMILES string of the molecule is O=C(O)Cc1cnc(-c2ccc(F)c(F)c2F)s1. The third kappa shape index (κ3) is 2.35. The molecule has 1 heterocycles. The van der Waals surface area contributed by atoms with Gasteiger partial charge >= 0.3 is 5.97 Å². The zero-order chi connectivity index (χ0) is 13.3. The van der Waals surface area contributed by atoms with Crippen molar-refractivity contribution >= 4 is 17.3 Å². The molecule has 18 heavy (non-hydrogen) atoms. The highest BCUT2D eigenvalue weighted by Crippen LogP contribution is 2.29. The van der Waals surface area contributed by atoms with Crippen LogP contribution in [0.1, 0.15) is 4.88 Å². The number of carbonyl (C=O) groups is 1. The highest BCUT2D eigenvalue weighted by molar-refractivity contribution is 7.15. The summed E-state index contributed by atoms with van der Waals surface area (Å²) in [5.74, 6) is -5.22. The van der Waals surface area contributed by atoms with E-state index >= 15 is 0 Å². The molecule has 1 aromatic heterocycles. The second-order valence-corrected chi connectivity index (χ2v) is 4.54. The van der Waals surface area contributed by atoms with Crippen LogP contribution in [0.5, 0.6) is 0 Å². The molecule has 0 saturated carbocycles. The Balaban J connectivity index is 2.40. The zero-order valence-electron chi connectivity index (χ0n) is 8.78. The maximum Gasteiger partial charge on any atom is 0.308 e. The molecule has 7 heteroatoms. The normalized spacial score (nSPS) is 10.6. The molecule has 1 N–H and O–H groups in total. The van der Waals surface area contributed by atoms with E-state index < -0.39 is 23.4 Å². The van der Waals surface area contributed by atoms with Gasteiger partial charge in [-0.3, -0.25) is 4.79 Å². The van der Waals surface area contributed by atoms with Gasteiger partial charge in [-0.05, 0) is 12.1 Å². The van der Waals surface area contributed by atoms with Crippen molar-refractivity contribution in [2.24, 2.45) is 0 Å². The molecule has 2 aromatic rings. The van der Waals surface area contributed by atoms with Gasteiger partial charge in [-0.25, -0.2) is 18.2 Å². The summed E-state index contributed by atoms with van der Waals surface area (Å²) >= 11 is 0.922. The van der Waals surface area contributed by atoms with Crippen LogP contribution in [0.2, 0.25) is 0 Å². The summed E-state index contributed by atoms with van der Waals surface area (Å²) in [7, 11) is 0. The lowest BCUT2D eigenvalue weighted by atomic mass is 10.2. The summed E-state index contributed by atoms with van der Waals surface area (Å²) in [4.78, 5) is 14.7. The van der Waals surface area contributed by atoms with E-state index in [0.29, 0.717) is 4.88 Å². The van der Waals surface area contributed by atoms with Crippen LogP contribution in [0.3, 0.4) is 0 Å². The van der Waals surface area contributed by atoms with E-state index in [9.17, 15) is 18.0 Å². The van der Waals surface area contributed by atoms with Gasteiger partial charge in [-0.2, -0.15) is 0 Å². The number of carboxylic acids is 1. The van der Waals surface area contributed by atoms with E-state index in [1.807, 2.05) is 0 Å². The van der Waals surface area contributed by atoms with Gasteiger partial charge in [0.2, 0.25) is 0 Å². The summed E-state index contributed by atoms with van der Waals surface area (Å²) in [5.41, 5.74) is -0.185. The molecule has 0 atom stereocenters. The van der Waals surface area contributed by atoms with Crippen LogP contribution in [0.15, 0.2) is 18.3 Å². The monoisotopic (exact) mass is 273 g/mol. The lowest BCUT2D eigenvalue weighted by Gasteiger charge is -2.00. The zero-order valence-corrected chi connectivity index (χ0v) is 9.60. The number of benzene rings is 1. The highest BCUT2D eigenvalue weighted by atomic mass is 32.1. The van der Waals surface area contributed by atoms with Crippen molar-refractivity contribution in [2.75, 3.05) is 0 Å². The van der Waals surface area contributed by atoms with Gasteiger partial charge < -0.3 is 5.11 Å². The molecule has 2 rings (SSSR count). The van der Waals surface area contributed by atoms with Crippen LogP contribution in [0.4, 0.5) is 13.2 Å².